The summed E-state index contributed by atoms with van der Waals surface area (Å²) >= 11 is 0. The van der Waals surface area contributed by atoms with Gasteiger partial charge < -0.3 is 15.0 Å². The van der Waals surface area contributed by atoms with Gasteiger partial charge in [-0.05, 0) is 73.9 Å². The van der Waals surface area contributed by atoms with E-state index in [0.29, 0.717) is 18.9 Å². The van der Waals surface area contributed by atoms with Crippen LogP contribution in [-0.2, 0) is 26.2 Å². The lowest BCUT2D eigenvalue weighted by molar-refractivity contribution is -0.139. The van der Waals surface area contributed by atoms with Gasteiger partial charge in [-0.2, -0.15) is 0 Å². The van der Waals surface area contributed by atoms with Crippen LogP contribution in [0.2, 0.25) is 0 Å². The first-order chi connectivity index (χ1) is 19.0. The van der Waals surface area contributed by atoms with Crippen molar-refractivity contribution in [2.45, 2.75) is 45.2 Å². The van der Waals surface area contributed by atoms with Gasteiger partial charge in [0.1, 0.15) is 24.2 Å². The molecule has 0 radical (unpaired) electrons. The van der Waals surface area contributed by atoms with Crippen molar-refractivity contribution in [2.24, 2.45) is 5.92 Å². The number of carbonyl (C=O) groups excluding carboxylic acids is 2. The molecule has 3 aromatic rings. The third-order valence-electron chi connectivity index (χ3n) is 6.16. The highest BCUT2D eigenvalue weighted by Gasteiger charge is 2.32. The molecule has 0 aromatic heterocycles. The number of halogens is 1. The topological polar surface area (TPSA) is 96.0 Å². The van der Waals surface area contributed by atoms with E-state index >= 15 is 0 Å². The Morgan fingerprint density at radius 3 is 2.12 bits per heavy atom. The molecule has 40 heavy (non-hydrogen) atoms. The molecule has 0 aliphatic carbocycles. The average molecular weight is 570 g/mol. The molecular weight excluding hydrogens is 533 g/mol. The lowest BCUT2D eigenvalue weighted by Gasteiger charge is -2.32. The Kier molecular flexibility index (Phi) is 10.7. The zero-order chi connectivity index (χ0) is 29.3. The van der Waals surface area contributed by atoms with Gasteiger partial charge in [-0.3, -0.25) is 13.9 Å². The number of anilines is 1. The average Bonchev–Trinajstić information content (AvgIpc) is 2.94. The van der Waals surface area contributed by atoms with Crippen LogP contribution in [-0.4, -0.2) is 50.9 Å². The van der Waals surface area contributed by atoms with Crippen molar-refractivity contribution in [3.8, 4) is 5.75 Å². The lowest BCUT2D eigenvalue weighted by atomic mass is 10.1. The van der Waals surface area contributed by atoms with Gasteiger partial charge in [0.15, 0.2) is 0 Å². The molecule has 0 saturated heterocycles. The van der Waals surface area contributed by atoms with E-state index in [4.69, 9.17) is 4.74 Å². The highest BCUT2D eigenvalue weighted by Crippen LogP contribution is 2.26. The monoisotopic (exact) mass is 569 g/mol. The molecule has 0 fully saturated rings. The van der Waals surface area contributed by atoms with Crippen LogP contribution in [0.25, 0.3) is 0 Å². The van der Waals surface area contributed by atoms with Gasteiger partial charge >= 0.3 is 0 Å². The van der Waals surface area contributed by atoms with Crippen molar-refractivity contribution in [3.63, 3.8) is 0 Å². The van der Waals surface area contributed by atoms with Crippen molar-refractivity contribution < 1.29 is 27.1 Å². The minimum atomic E-state index is -4.26. The number of amides is 2. The quantitative estimate of drug-likeness (QED) is 0.324. The lowest BCUT2D eigenvalue weighted by Crippen LogP contribution is -2.51. The first-order valence-corrected chi connectivity index (χ1v) is 14.6. The standard InChI is InChI=1S/C30H36FN3O5S/c1-5-39-27-15-17-28(18-16-27)40(37,38)34(26-13-11-25(31)12-14-26)21-29(35)33(20-24-9-7-6-8-10-24)23(4)30(36)32-19-22(2)3/h6-18,22-23H,5,19-21H2,1-4H3,(H,32,36)/t23-/m0/s1. The minimum absolute atomic E-state index is 0.0644. The Bertz CT molecular complexity index is 1360. The molecular formula is C30H36FN3O5S. The third kappa shape index (κ3) is 8.05. The zero-order valence-corrected chi connectivity index (χ0v) is 24.0. The highest BCUT2D eigenvalue weighted by atomic mass is 32.2. The number of hydrogen-bond donors (Lipinski definition) is 1. The van der Waals surface area contributed by atoms with Crippen LogP contribution < -0.4 is 14.4 Å². The second-order valence-electron chi connectivity index (χ2n) is 9.71. The fourth-order valence-electron chi connectivity index (χ4n) is 3.95. The van der Waals surface area contributed by atoms with Crippen LogP contribution >= 0.6 is 0 Å². The smallest absolute Gasteiger partial charge is 0.264 e. The summed E-state index contributed by atoms with van der Waals surface area (Å²) in [6.07, 6.45) is 0. The number of benzene rings is 3. The van der Waals surface area contributed by atoms with E-state index in [9.17, 15) is 22.4 Å². The van der Waals surface area contributed by atoms with Crippen LogP contribution in [0.15, 0.2) is 83.8 Å². The first kappa shape index (κ1) is 30.6. The van der Waals surface area contributed by atoms with Gasteiger partial charge in [-0.1, -0.05) is 44.2 Å². The highest BCUT2D eigenvalue weighted by molar-refractivity contribution is 7.92. The molecule has 0 bridgehead atoms. The van der Waals surface area contributed by atoms with E-state index in [-0.39, 0.29) is 29.0 Å². The van der Waals surface area contributed by atoms with Crippen molar-refractivity contribution >= 4 is 27.5 Å². The Labute approximate surface area is 235 Å². The summed E-state index contributed by atoms with van der Waals surface area (Å²) in [6.45, 7) is 7.70. The zero-order valence-electron chi connectivity index (χ0n) is 23.2. The Balaban J connectivity index is 1.98. The van der Waals surface area contributed by atoms with Crippen molar-refractivity contribution in [1.82, 2.24) is 10.2 Å². The third-order valence-corrected chi connectivity index (χ3v) is 7.95. The molecule has 1 N–H and O–H groups in total. The number of hydrogen-bond acceptors (Lipinski definition) is 5. The Morgan fingerprint density at radius 2 is 1.55 bits per heavy atom. The van der Waals surface area contributed by atoms with Crippen LogP contribution in [0.3, 0.4) is 0 Å². The van der Waals surface area contributed by atoms with E-state index in [0.717, 1.165) is 22.0 Å². The second kappa shape index (κ2) is 13.9. The van der Waals surface area contributed by atoms with E-state index < -0.39 is 34.3 Å². The summed E-state index contributed by atoms with van der Waals surface area (Å²) < 4.78 is 47.7. The van der Waals surface area contributed by atoms with Gasteiger partial charge in [0.25, 0.3) is 10.0 Å². The molecule has 1 atom stereocenters. The molecule has 8 nitrogen and oxygen atoms in total. The van der Waals surface area contributed by atoms with Crippen LogP contribution in [0.4, 0.5) is 10.1 Å². The maximum absolute atomic E-state index is 13.8. The van der Waals surface area contributed by atoms with Crippen molar-refractivity contribution in [2.75, 3.05) is 24.0 Å². The van der Waals surface area contributed by atoms with E-state index in [1.54, 1.807) is 6.92 Å². The summed E-state index contributed by atoms with van der Waals surface area (Å²) in [6, 6.07) is 19.0. The molecule has 0 aliphatic heterocycles. The Morgan fingerprint density at radius 1 is 0.925 bits per heavy atom. The number of nitrogens with zero attached hydrogens (tertiary/aromatic N) is 2. The first-order valence-electron chi connectivity index (χ1n) is 13.1. The summed E-state index contributed by atoms with van der Waals surface area (Å²) in [5.41, 5.74) is 0.891. The molecule has 0 heterocycles. The van der Waals surface area contributed by atoms with E-state index in [1.807, 2.05) is 51.1 Å². The minimum Gasteiger partial charge on any atom is -0.494 e. The maximum atomic E-state index is 13.8. The van der Waals surface area contributed by atoms with E-state index in [1.165, 1.54) is 41.3 Å². The second-order valence-corrected chi connectivity index (χ2v) is 11.6. The van der Waals surface area contributed by atoms with Crippen LogP contribution in [0, 0.1) is 11.7 Å². The predicted molar refractivity (Wildman–Crippen MR) is 153 cm³/mol. The number of ether oxygens (including phenoxy) is 1. The largest absolute Gasteiger partial charge is 0.494 e. The molecule has 0 unspecified atom stereocenters. The summed E-state index contributed by atoms with van der Waals surface area (Å²) in [7, 11) is -4.26. The van der Waals surface area contributed by atoms with Crippen molar-refractivity contribution in [1.29, 1.82) is 0 Å². The predicted octanol–water partition coefficient (Wildman–Crippen LogP) is 4.61. The van der Waals surface area contributed by atoms with Gasteiger partial charge in [0, 0.05) is 13.1 Å². The molecule has 10 heteroatoms. The normalized spacial score (nSPS) is 12.1. The summed E-state index contributed by atoms with van der Waals surface area (Å²) in [5, 5.41) is 2.85. The molecule has 0 saturated carbocycles. The summed E-state index contributed by atoms with van der Waals surface area (Å²) in [4.78, 5) is 28.1. The fourth-order valence-corrected chi connectivity index (χ4v) is 5.37. The number of carbonyl (C=O) groups is 2. The number of nitrogens with one attached hydrogen (secondary N) is 1. The van der Waals surface area contributed by atoms with Gasteiger partial charge in [-0.15, -0.1) is 0 Å². The van der Waals surface area contributed by atoms with Crippen LogP contribution in [0.1, 0.15) is 33.3 Å². The van der Waals surface area contributed by atoms with Crippen LogP contribution in [0.5, 0.6) is 5.75 Å². The molecule has 3 aromatic carbocycles. The van der Waals surface area contributed by atoms with Gasteiger partial charge in [-0.25, -0.2) is 12.8 Å². The number of sulfonamides is 1. The van der Waals surface area contributed by atoms with Gasteiger partial charge in [0.2, 0.25) is 11.8 Å². The maximum Gasteiger partial charge on any atom is 0.264 e. The number of rotatable bonds is 13. The summed E-state index contributed by atoms with van der Waals surface area (Å²) in [5.74, 6) is -0.769. The molecule has 0 spiro atoms. The molecule has 3 rings (SSSR count). The molecule has 214 valence electrons. The molecule has 2 amide bonds. The van der Waals surface area contributed by atoms with Crippen molar-refractivity contribution in [3.05, 3.63) is 90.2 Å². The Hall–Kier alpha value is -3.92. The van der Waals surface area contributed by atoms with E-state index in [2.05, 4.69) is 5.32 Å². The fraction of sp³-hybridized carbons (Fsp3) is 0.333. The SMILES string of the molecule is CCOc1ccc(S(=O)(=O)N(CC(=O)N(Cc2ccccc2)[C@@H](C)C(=O)NCC(C)C)c2ccc(F)cc2)cc1. The molecule has 0 aliphatic rings. The van der Waals surface area contributed by atoms with Gasteiger partial charge in [0.05, 0.1) is 17.2 Å².